The number of rotatable bonds is 3. The van der Waals surface area contributed by atoms with Crippen molar-refractivity contribution in [2.45, 2.75) is 24.3 Å². The van der Waals surface area contributed by atoms with Gasteiger partial charge in [0.1, 0.15) is 23.0 Å². The highest BCUT2D eigenvalue weighted by Crippen LogP contribution is 2.54. The first-order valence-electron chi connectivity index (χ1n) is 9.96. The van der Waals surface area contributed by atoms with E-state index in [1.54, 1.807) is 35.4 Å². The van der Waals surface area contributed by atoms with Crippen molar-refractivity contribution in [3.63, 3.8) is 0 Å². The maximum absolute atomic E-state index is 13.4. The molecule has 30 heavy (non-hydrogen) atoms. The summed E-state index contributed by atoms with van der Waals surface area (Å²) in [6.45, 7) is 0.468. The summed E-state index contributed by atoms with van der Waals surface area (Å²) in [5, 5.41) is 12.5. The number of likely N-dealkylation sites (tertiary alicyclic amines) is 1. The van der Waals surface area contributed by atoms with Crippen LogP contribution in [-0.4, -0.2) is 37.9 Å². The minimum absolute atomic E-state index is 0.0669. The molecule has 2 amide bonds. The number of aryl methyl sites for hydroxylation is 1. The fourth-order valence-corrected chi connectivity index (χ4v) is 4.84. The van der Waals surface area contributed by atoms with Gasteiger partial charge in [0.15, 0.2) is 0 Å². The van der Waals surface area contributed by atoms with Crippen molar-refractivity contribution in [2.75, 3.05) is 11.9 Å². The molecule has 1 saturated heterocycles. The number of amides is 2. The molecule has 2 aromatic carbocycles. The van der Waals surface area contributed by atoms with Gasteiger partial charge in [0.2, 0.25) is 11.8 Å². The number of carbonyl (C=O) groups excluding carboxylic acids is 2. The molecule has 1 spiro atoms. The van der Waals surface area contributed by atoms with Crippen LogP contribution >= 0.6 is 0 Å². The summed E-state index contributed by atoms with van der Waals surface area (Å²) in [4.78, 5) is 33.0. The molecule has 7 heteroatoms. The number of imidazole rings is 1. The number of hydrogen-bond acceptors (Lipinski definition) is 4. The van der Waals surface area contributed by atoms with Crippen molar-refractivity contribution in [2.24, 2.45) is 7.05 Å². The molecule has 5 rings (SSSR count). The largest absolute Gasteiger partial charge is 0.508 e. The molecule has 3 heterocycles. The van der Waals surface area contributed by atoms with Crippen molar-refractivity contribution in [3.8, 4) is 5.75 Å². The topological polar surface area (TPSA) is 87.5 Å². The summed E-state index contributed by atoms with van der Waals surface area (Å²) < 4.78 is 1.88. The van der Waals surface area contributed by atoms with Crippen LogP contribution < -0.4 is 5.32 Å². The summed E-state index contributed by atoms with van der Waals surface area (Å²) in [5.41, 5.74) is 1.67. The minimum atomic E-state index is -0.861. The van der Waals surface area contributed by atoms with Crippen molar-refractivity contribution >= 4 is 17.5 Å². The minimum Gasteiger partial charge on any atom is -0.508 e. The third-order valence-electron chi connectivity index (χ3n) is 6.30. The number of nitrogens with zero attached hydrogens (tertiary/aromatic N) is 3. The number of hydrogen-bond donors (Lipinski definition) is 2. The Morgan fingerprint density at radius 3 is 2.73 bits per heavy atom. The molecule has 0 unspecified atom stereocenters. The monoisotopic (exact) mass is 402 g/mol. The number of nitrogens with one attached hydrogen (secondary N) is 1. The zero-order chi connectivity index (χ0) is 20.9. The highest BCUT2D eigenvalue weighted by molar-refractivity contribution is 6.07. The highest BCUT2D eigenvalue weighted by Gasteiger charge is 2.60. The van der Waals surface area contributed by atoms with E-state index in [1.165, 1.54) is 0 Å². The van der Waals surface area contributed by atoms with Crippen molar-refractivity contribution in [1.82, 2.24) is 14.5 Å². The normalized spacial score (nSPS) is 22.4. The highest BCUT2D eigenvalue weighted by atomic mass is 16.3. The Kier molecular flexibility index (Phi) is 4.13. The van der Waals surface area contributed by atoms with E-state index in [0.717, 1.165) is 16.8 Å². The zero-order valence-electron chi connectivity index (χ0n) is 16.6. The van der Waals surface area contributed by atoms with Gasteiger partial charge < -0.3 is 19.9 Å². The molecule has 2 aliphatic rings. The fraction of sp³-hybridized carbons (Fsp3) is 0.261. The van der Waals surface area contributed by atoms with Gasteiger partial charge in [-0.1, -0.05) is 30.3 Å². The van der Waals surface area contributed by atoms with E-state index in [4.69, 9.17) is 0 Å². The first-order chi connectivity index (χ1) is 14.5. The van der Waals surface area contributed by atoms with E-state index in [-0.39, 0.29) is 24.0 Å². The van der Waals surface area contributed by atoms with Crippen LogP contribution in [0, 0.1) is 0 Å². The molecular weight excluding hydrogens is 380 g/mol. The molecule has 0 radical (unpaired) electrons. The Bertz CT molecular complexity index is 1140. The maximum Gasteiger partial charge on any atom is 0.237 e. The number of phenols is 1. The van der Waals surface area contributed by atoms with Crippen LogP contribution in [-0.2, 0) is 28.5 Å². The maximum atomic E-state index is 13.4. The molecule has 0 aliphatic carbocycles. The number of phenolic OH excluding ortho intramolecular Hbond substituents is 1. The van der Waals surface area contributed by atoms with Gasteiger partial charge >= 0.3 is 0 Å². The van der Waals surface area contributed by atoms with Gasteiger partial charge in [0.25, 0.3) is 0 Å². The van der Waals surface area contributed by atoms with Crippen LogP contribution in [0.2, 0.25) is 0 Å². The average Bonchev–Trinajstić information content (AvgIpc) is 3.41. The Labute approximate surface area is 174 Å². The van der Waals surface area contributed by atoms with Crippen LogP contribution in [0.5, 0.6) is 5.75 Å². The summed E-state index contributed by atoms with van der Waals surface area (Å²) in [6.07, 6.45) is 4.26. The molecule has 0 bridgehead atoms. The number of fused-ring (bicyclic) bond motifs is 2. The number of anilines is 1. The van der Waals surface area contributed by atoms with E-state index in [0.29, 0.717) is 18.8 Å². The van der Waals surface area contributed by atoms with Crippen LogP contribution in [0.25, 0.3) is 0 Å². The van der Waals surface area contributed by atoms with E-state index < -0.39 is 11.5 Å². The SMILES string of the molecule is Cn1ccnc1[C@@H]1N(C(=O)Cc2ccc(O)cc2)CC[C@]12C(=O)Nc1ccccc12. The predicted octanol–water partition coefficient (Wildman–Crippen LogP) is 2.53. The number of aromatic nitrogens is 2. The lowest BCUT2D eigenvalue weighted by molar-refractivity contribution is -0.133. The van der Waals surface area contributed by atoms with E-state index >= 15 is 0 Å². The molecule has 2 aliphatic heterocycles. The Balaban J connectivity index is 1.58. The van der Waals surface area contributed by atoms with E-state index in [9.17, 15) is 14.7 Å². The summed E-state index contributed by atoms with van der Waals surface area (Å²) in [7, 11) is 1.88. The quantitative estimate of drug-likeness (QED) is 0.705. The lowest BCUT2D eigenvalue weighted by Crippen LogP contribution is -2.44. The van der Waals surface area contributed by atoms with Gasteiger partial charge in [0, 0.05) is 31.7 Å². The molecule has 1 fully saturated rings. The van der Waals surface area contributed by atoms with Crippen molar-refractivity contribution < 1.29 is 14.7 Å². The molecule has 2 atom stereocenters. The van der Waals surface area contributed by atoms with Crippen molar-refractivity contribution in [1.29, 1.82) is 0 Å². The smallest absolute Gasteiger partial charge is 0.237 e. The molecule has 152 valence electrons. The van der Waals surface area contributed by atoms with Crippen molar-refractivity contribution in [3.05, 3.63) is 77.9 Å². The van der Waals surface area contributed by atoms with Gasteiger partial charge in [-0.15, -0.1) is 0 Å². The van der Waals surface area contributed by atoms with Crippen LogP contribution in [0.4, 0.5) is 5.69 Å². The number of carbonyl (C=O) groups is 2. The molecule has 0 saturated carbocycles. The lowest BCUT2D eigenvalue weighted by Gasteiger charge is -2.33. The summed E-state index contributed by atoms with van der Waals surface area (Å²) in [5.74, 6) is 0.703. The number of para-hydroxylation sites is 1. The van der Waals surface area contributed by atoms with E-state index in [2.05, 4.69) is 10.3 Å². The Hall–Kier alpha value is -3.61. The second kappa shape index (κ2) is 6.73. The average molecular weight is 402 g/mol. The van der Waals surface area contributed by atoms with Crippen LogP contribution in [0.1, 0.15) is 29.4 Å². The predicted molar refractivity (Wildman–Crippen MR) is 111 cm³/mol. The number of benzene rings is 2. The third kappa shape index (κ3) is 2.62. The third-order valence-corrected chi connectivity index (χ3v) is 6.30. The van der Waals surface area contributed by atoms with Gasteiger partial charge in [-0.25, -0.2) is 4.98 Å². The first kappa shape index (κ1) is 18.4. The zero-order valence-corrected chi connectivity index (χ0v) is 16.6. The molecule has 1 aromatic heterocycles. The van der Waals surface area contributed by atoms with Gasteiger partial charge in [-0.05, 0) is 35.7 Å². The first-order valence-corrected chi connectivity index (χ1v) is 9.96. The van der Waals surface area contributed by atoms with E-state index in [1.807, 2.05) is 42.1 Å². The molecule has 2 N–H and O–H groups in total. The van der Waals surface area contributed by atoms with Crippen LogP contribution in [0.3, 0.4) is 0 Å². The van der Waals surface area contributed by atoms with Crippen LogP contribution in [0.15, 0.2) is 60.9 Å². The molecule has 7 nitrogen and oxygen atoms in total. The standard InChI is InChI=1S/C23H22N4O3/c1-26-13-11-24-21(26)20-23(17-4-2-3-5-18(17)25-22(23)30)10-12-27(20)19(29)14-15-6-8-16(28)9-7-15/h2-9,11,13,20,28H,10,12,14H2,1H3,(H,25,30)/t20-,23+/m0/s1. The molecular formula is C23H22N4O3. The Morgan fingerprint density at radius 2 is 2.00 bits per heavy atom. The van der Waals surface area contributed by atoms with Gasteiger partial charge in [-0.2, -0.15) is 0 Å². The molecule has 3 aromatic rings. The fourth-order valence-electron chi connectivity index (χ4n) is 4.84. The summed E-state index contributed by atoms with van der Waals surface area (Å²) >= 11 is 0. The summed E-state index contributed by atoms with van der Waals surface area (Å²) in [6, 6.07) is 13.8. The second-order valence-corrected chi connectivity index (χ2v) is 7.95. The van der Waals surface area contributed by atoms with Gasteiger partial charge in [0.05, 0.1) is 6.42 Å². The van der Waals surface area contributed by atoms with Gasteiger partial charge in [-0.3, -0.25) is 9.59 Å². The lowest BCUT2D eigenvalue weighted by atomic mass is 9.74. The number of aromatic hydroxyl groups is 1. The second-order valence-electron chi connectivity index (χ2n) is 7.95. The Morgan fingerprint density at radius 1 is 1.23 bits per heavy atom.